The maximum Gasteiger partial charge on any atom is 0.335 e. The molecule has 0 spiro atoms. The summed E-state index contributed by atoms with van der Waals surface area (Å²) in [6.07, 6.45) is -6.90. The number of benzene rings is 2. The molecule has 0 bridgehead atoms. The van der Waals surface area contributed by atoms with Crippen molar-refractivity contribution in [2.45, 2.75) is 43.2 Å². The molecule has 4 rings (SSSR count). The molecular weight excluding hydrogens is 515 g/mol. The van der Waals surface area contributed by atoms with E-state index in [1.54, 1.807) is 24.3 Å². The first-order valence-corrected chi connectivity index (χ1v) is 11.3. The summed E-state index contributed by atoms with van der Waals surface area (Å²) in [5, 5.41) is 48.9. The second kappa shape index (κ2) is 11.4. The standard InChI is InChI=1S/C24H24F3N3O8/c1-36-13-4-2-11(3-5-13)10-37-23(24(34)35)22-21(33)19(20(32)17(9-31)38-22)30-8-16(28-29-30)12-6-14(25)18(27)15(26)7-12/h2-8,17,19-23,31-33H,9-10H2,1H3,(H,34,35)/t17?,19?,20-,21?,22+,23-/m0/s1. The lowest BCUT2D eigenvalue weighted by atomic mass is 9.90. The van der Waals surface area contributed by atoms with Crippen molar-refractivity contribution in [1.82, 2.24) is 15.0 Å². The van der Waals surface area contributed by atoms with Crippen molar-refractivity contribution in [1.29, 1.82) is 0 Å². The maximum absolute atomic E-state index is 13.7. The third kappa shape index (κ3) is 5.49. The van der Waals surface area contributed by atoms with Crippen LogP contribution in [-0.4, -0.2) is 85.6 Å². The number of methoxy groups -OCH3 is 1. The molecule has 4 N–H and O–H groups in total. The zero-order chi connectivity index (χ0) is 27.6. The number of halogens is 3. The van der Waals surface area contributed by atoms with Crippen LogP contribution < -0.4 is 4.74 Å². The second-order valence-electron chi connectivity index (χ2n) is 8.55. The molecule has 1 aromatic heterocycles. The summed E-state index contributed by atoms with van der Waals surface area (Å²) in [7, 11) is 1.49. The molecule has 1 aliphatic rings. The SMILES string of the molecule is COc1ccc(CO[C@H](C(=O)O)[C@@H]2OC(CO)[C@H](O)C(n3cc(-c4cc(F)c(F)c(F)c4)nn3)C2O)cc1. The Labute approximate surface area is 213 Å². The highest BCUT2D eigenvalue weighted by molar-refractivity contribution is 5.73. The summed E-state index contributed by atoms with van der Waals surface area (Å²) in [6, 6.07) is 6.57. The minimum absolute atomic E-state index is 0.128. The van der Waals surface area contributed by atoms with E-state index in [0.717, 1.165) is 10.9 Å². The Bertz CT molecular complexity index is 1250. The van der Waals surface area contributed by atoms with Crippen LogP contribution in [0.1, 0.15) is 11.6 Å². The van der Waals surface area contributed by atoms with E-state index in [-0.39, 0.29) is 17.9 Å². The molecule has 6 atom stereocenters. The zero-order valence-corrected chi connectivity index (χ0v) is 19.8. The number of carboxylic acid groups (broad SMARTS) is 1. The zero-order valence-electron chi connectivity index (χ0n) is 19.8. The van der Waals surface area contributed by atoms with Gasteiger partial charge in [0.25, 0.3) is 0 Å². The Morgan fingerprint density at radius 3 is 2.37 bits per heavy atom. The predicted octanol–water partition coefficient (Wildman–Crippen LogP) is 1.06. The van der Waals surface area contributed by atoms with Gasteiger partial charge >= 0.3 is 5.97 Å². The Hall–Kier alpha value is -3.56. The van der Waals surface area contributed by atoms with Crippen LogP contribution in [0.2, 0.25) is 0 Å². The van der Waals surface area contributed by atoms with Crippen LogP contribution >= 0.6 is 0 Å². The fraction of sp³-hybridized carbons (Fsp3) is 0.375. The van der Waals surface area contributed by atoms with E-state index in [1.165, 1.54) is 7.11 Å². The molecular formula is C24H24F3N3O8. The predicted molar refractivity (Wildman–Crippen MR) is 121 cm³/mol. The van der Waals surface area contributed by atoms with Crippen molar-refractivity contribution in [3.63, 3.8) is 0 Å². The quantitative estimate of drug-likeness (QED) is 0.290. The number of aliphatic carboxylic acids is 1. The highest BCUT2D eigenvalue weighted by atomic mass is 19.2. The van der Waals surface area contributed by atoms with Gasteiger partial charge in [-0.25, -0.2) is 22.6 Å². The van der Waals surface area contributed by atoms with Gasteiger partial charge < -0.3 is 34.6 Å². The van der Waals surface area contributed by atoms with Gasteiger partial charge in [-0.1, -0.05) is 17.3 Å². The lowest BCUT2D eigenvalue weighted by Crippen LogP contribution is -2.60. The van der Waals surface area contributed by atoms with E-state index >= 15 is 0 Å². The monoisotopic (exact) mass is 539 g/mol. The van der Waals surface area contributed by atoms with E-state index in [1.807, 2.05) is 0 Å². The lowest BCUT2D eigenvalue weighted by Gasteiger charge is -2.43. The van der Waals surface area contributed by atoms with E-state index in [0.29, 0.717) is 23.4 Å². The molecule has 1 saturated heterocycles. The van der Waals surface area contributed by atoms with Crippen molar-refractivity contribution in [3.8, 4) is 17.0 Å². The Kier molecular flexibility index (Phi) is 8.28. The molecule has 2 aromatic carbocycles. The summed E-state index contributed by atoms with van der Waals surface area (Å²) in [6.45, 7) is -0.929. The molecule has 3 unspecified atom stereocenters. The first-order valence-electron chi connectivity index (χ1n) is 11.3. The van der Waals surface area contributed by atoms with Gasteiger partial charge in [0.05, 0.1) is 26.5 Å². The Morgan fingerprint density at radius 2 is 1.79 bits per heavy atom. The first kappa shape index (κ1) is 27.5. The smallest absolute Gasteiger partial charge is 0.335 e. The summed E-state index contributed by atoms with van der Waals surface area (Å²) >= 11 is 0. The molecule has 1 fully saturated rings. The van der Waals surface area contributed by atoms with Crippen molar-refractivity contribution in [2.75, 3.05) is 13.7 Å². The van der Waals surface area contributed by atoms with Gasteiger partial charge in [-0.3, -0.25) is 0 Å². The summed E-state index contributed by atoms with van der Waals surface area (Å²) in [5.74, 6) is -5.49. The van der Waals surface area contributed by atoms with Crippen molar-refractivity contribution in [3.05, 3.63) is 65.6 Å². The van der Waals surface area contributed by atoms with Gasteiger partial charge in [0, 0.05) is 5.56 Å². The van der Waals surface area contributed by atoms with Crippen molar-refractivity contribution < 1.29 is 52.6 Å². The molecule has 0 radical (unpaired) electrons. The number of carboxylic acids is 1. The molecule has 0 saturated carbocycles. The third-order valence-corrected chi connectivity index (χ3v) is 6.15. The number of rotatable bonds is 9. The Balaban J connectivity index is 1.60. The number of hydrogen-bond acceptors (Lipinski definition) is 9. The largest absolute Gasteiger partial charge is 0.497 e. The van der Waals surface area contributed by atoms with Crippen LogP contribution in [-0.2, 0) is 20.9 Å². The molecule has 0 amide bonds. The van der Waals surface area contributed by atoms with Gasteiger partial charge in [-0.15, -0.1) is 5.10 Å². The minimum atomic E-state index is -1.75. The highest BCUT2D eigenvalue weighted by Crippen LogP contribution is 2.33. The topological polar surface area (TPSA) is 156 Å². The second-order valence-corrected chi connectivity index (χ2v) is 8.55. The summed E-state index contributed by atoms with van der Waals surface area (Å²) in [5.41, 5.74) is 0.291. The van der Waals surface area contributed by atoms with Crippen LogP contribution in [0.25, 0.3) is 11.3 Å². The van der Waals surface area contributed by atoms with Crippen LogP contribution in [0.3, 0.4) is 0 Å². The minimum Gasteiger partial charge on any atom is -0.497 e. The van der Waals surface area contributed by atoms with E-state index in [4.69, 9.17) is 14.2 Å². The molecule has 3 aromatic rings. The molecule has 11 nitrogen and oxygen atoms in total. The van der Waals surface area contributed by atoms with Gasteiger partial charge in [0.15, 0.2) is 23.6 Å². The lowest BCUT2D eigenvalue weighted by molar-refractivity contribution is -0.238. The summed E-state index contributed by atoms with van der Waals surface area (Å²) in [4.78, 5) is 12.1. The molecule has 38 heavy (non-hydrogen) atoms. The van der Waals surface area contributed by atoms with E-state index in [2.05, 4.69) is 10.3 Å². The van der Waals surface area contributed by atoms with Crippen LogP contribution in [0.15, 0.2) is 42.6 Å². The van der Waals surface area contributed by atoms with Crippen LogP contribution in [0.4, 0.5) is 13.2 Å². The maximum atomic E-state index is 13.7. The number of aromatic nitrogens is 3. The number of aliphatic hydroxyl groups is 3. The number of carbonyl (C=O) groups is 1. The normalized spacial score (nSPS) is 24.2. The van der Waals surface area contributed by atoms with Gasteiger partial charge in [0.1, 0.15) is 41.9 Å². The molecule has 1 aliphatic heterocycles. The van der Waals surface area contributed by atoms with E-state index < -0.39 is 66.6 Å². The number of hydrogen-bond donors (Lipinski definition) is 4. The molecule has 204 valence electrons. The molecule has 14 heteroatoms. The fourth-order valence-electron chi connectivity index (χ4n) is 4.17. The molecule has 0 aliphatic carbocycles. The average molecular weight is 539 g/mol. The summed E-state index contributed by atoms with van der Waals surface area (Å²) < 4.78 is 57.8. The van der Waals surface area contributed by atoms with Gasteiger partial charge in [0.2, 0.25) is 0 Å². The average Bonchev–Trinajstić information content (AvgIpc) is 3.38. The van der Waals surface area contributed by atoms with Crippen molar-refractivity contribution >= 4 is 5.97 Å². The van der Waals surface area contributed by atoms with E-state index in [9.17, 15) is 38.4 Å². The first-order chi connectivity index (χ1) is 18.1. The van der Waals surface area contributed by atoms with Gasteiger partial charge in [-0.05, 0) is 29.8 Å². The van der Waals surface area contributed by atoms with Crippen molar-refractivity contribution in [2.24, 2.45) is 0 Å². The van der Waals surface area contributed by atoms with Crippen LogP contribution in [0.5, 0.6) is 5.75 Å². The highest BCUT2D eigenvalue weighted by Gasteiger charge is 2.50. The number of aliphatic hydroxyl groups excluding tert-OH is 3. The third-order valence-electron chi connectivity index (χ3n) is 6.15. The van der Waals surface area contributed by atoms with Crippen LogP contribution in [0, 0.1) is 17.5 Å². The van der Waals surface area contributed by atoms with Gasteiger partial charge in [-0.2, -0.15) is 0 Å². The molecule has 2 heterocycles. The fourth-order valence-corrected chi connectivity index (χ4v) is 4.17. The number of ether oxygens (including phenoxy) is 3. The number of nitrogens with zero attached hydrogens (tertiary/aromatic N) is 3. The Morgan fingerprint density at radius 1 is 1.13 bits per heavy atom.